The van der Waals surface area contributed by atoms with Gasteiger partial charge in [0.1, 0.15) is 11.4 Å². The summed E-state index contributed by atoms with van der Waals surface area (Å²) in [6, 6.07) is 14.5. The zero-order valence-electron chi connectivity index (χ0n) is 11.8. The van der Waals surface area contributed by atoms with E-state index in [2.05, 4.69) is 10.2 Å². The molecule has 0 bridgehead atoms. The number of hydrogen-bond donors (Lipinski definition) is 2. The second kappa shape index (κ2) is 6.87. The van der Waals surface area contributed by atoms with Crippen LogP contribution in [0.2, 0.25) is 0 Å². The van der Waals surface area contributed by atoms with E-state index in [0.717, 1.165) is 5.69 Å². The molecule has 0 spiro atoms. The van der Waals surface area contributed by atoms with E-state index in [-0.39, 0.29) is 5.75 Å². The molecule has 7 heteroatoms. The maximum atomic E-state index is 8.99. The third-order valence-electron chi connectivity index (χ3n) is 2.72. The number of benzene rings is 2. The van der Waals surface area contributed by atoms with Gasteiger partial charge >= 0.3 is 7.32 Å². The average molecular weight is 285 g/mol. The Morgan fingerprint density at radius 3 is 2.33 bits per heavy atom. The van der Waals surface area contributed by atoms with Crippen LogP contribution in [0, 0.1) is 0 Å². The molecular formula is C14H16BN3O3. The second-order valence-corrected chi connectivity index (χ2v) is 4.53. The highest BCUT2D eigenvalue weighted by Gasteiger charge is 2.15. The molecule has 0 radical (unpaired) electrons. The highest BCUT2D eigenvalue weighted by atomic mass is 16.6. The quantitative estimate of drug-likeness (QED) is 0.653. The van der Waals surface area contributed by atoms with Gasteiger partial charge in [-0.2, -0.15) is 5.11 Å². The second-order valence-electron chi connectivity index (χ2n) is 4.53. The Morgan fingerprint density at radius 1 is 1.00 bits per heavy atom. The van der Waals surface area contributed by atoms with Crippen LogP contribution in [0.15, 0.2) is 58.8 Å². The maximum absolute atomic E-state index is 8.99. The molecule has 0 unspecified atom stereocenters. The number of rotatable bonds is 5. The summed E-state index contributed by atoms with van der Waals surface area (Å²) in [7, 11) is 1.84. The standard InChI is InChI=1S/C14H16BN3O3/c1-18(2)12-8-9-13(14(10-12)21-15(19)20)17-16-11-6-4-3-5-7-11/h3-10,19-20H,1-2H3. The van der Waals surface area contributed by atoms with E-state index in [4.69, 9.17) is 14.7 Å². The zero-order chi connectivity index (χ0) is 15.2. The molecule has 0 fully saturated rings. The Labute approximate surface area is 123 Å². The molecule has 108 valence electrons. The van der Waals surface area contributed by atoms with Crippen molar-refractivity contribution in [2.24, 2.45) is 10.2 Å². The molecule has 0 saturated carbocycles. The van der Waals surface area contributed by atoms with Gasteiger partial charge in [0.15, 0.2) is 0 Å². The Bertz CT molecular complexity index is 618. The average Bonchev–Trinajstić information content (AvgIpc) is 2.46. The maximum Gasteiger partial charge on any atom is 0.707 e. The van der Waals surface area contributed by atoms with Crippen molar-refractivity contribution in [1.29, 1.82) is 0 Å². The van der Waals surface area contributed by atoms with Crippen LogP contribution in [-0.2, 0) is 0 Å². The van der Waals surface area contributed by atoms with Gasteiger partial charge in [0.2, 0.25) is 0 Å². The third kappa shape index (κ3) is 4.30. The molecule has 0 aromatic heterocycles. The van der Waals surface area contributed by atoms with Gasteiger partial charge in [-0.15, -0.1) is 5.11 Å². The first-order valence-corrected chi connectivity index (χ1v) is 6.37. The van der Waals surface area contributed by atoms with Crippen molar-refractivity contribution in [3.8, 4) is 5.75 Å². The van der Waals surface area contributed by atoms with Crippen molar-refractivity contribution in [2.45, 2.75) is 0 Å². The van der Waals surface area contributed by atoms with Gasteiger partial charge in [-0.05, 0) is 24.3 Å². The van der Waals surface area contributed by atoms with E-state index in [1.807, 2.05) is 55.4 Å². The summed E-state index contributed by atoms with van der Waals surface area (Å²) >= 11 is 0. The largest absolute Gasteiger partial charge is 0.707 e. The molecule has 0 heterocycles. The highest BCUT2D eigenvalue weighted by molar-refractivity contribution is 6.34. The molecular weight excluding hydrogens is 269 g/mol. The van der Waals surface area contributed by atoms with Gasteiger partial charge in [-0.25, -0.2) is 0 Å². The van der Waals surface area contributed by atoms with E-state index in [0.29, 0.717) is 11.4 Å². The first-order valence-electron chi connectivity index (χ1n) is 6.37. The van der Waals surface area contributed by atoms with E-state index < -0.39 is 7.32 Å². The lowest BCUT2D eigenvalue weighted by Crippen LogP contribution is -2.21. The van der Waals surface area contributed by atoms with Crippen LogP contribution in [-0.4, -0.2) is 31.5 Å². The van der Waals surface area contributed by atoms with Crippen LogP contribution >= 0.6 is 0 Å². The van der Waals surface area contributed by atoms with E-state index in [1.165, 1.54) is 0 Å². The Morgan fingerprint density at radius 2 is 1.71 bits per heavy atom. The molecule has 0 atom stereocenters. The van der Waals surface area contributed by atoms with Crippen molar-refractivity contribution in [2.75, 3.05) is 19.0 Å². The first kappa shape index (κ1) is 15.0. The minimum atomic E-state index is -1.91. The van der Waals surface area contributed by atoms with Gasteiger partial charge in [-0.3, -0.25) is 0 Å². The van der Waals surface area contributed by atoms with Crippen LogP contribution in [0.1, 0.15) is 0 Å². The number of anilines is 1. The van der Waals surface area contributed by atoms with Crippen LogP contribution in [0.25, 0.3) is 0 Å². The third-order valence-corrected chi connectivity index (χ3v) is 2.72. The Kier molecular flexibility index (Phi) is 4.92. The topological polar surface area (TPSA) is 77.7 Å². The molecule has 6 nitrogen and oxygen atoms in total. The molecule has 0 amide bonds. The summed E-state index contributed by atoms with van der Waals surface area (Å²) in [6.07, 6.45) is 0. The molecule has 0 aliphatic heterocycles. The lowest BCUT2D eigenvalue weighted by atomic mass is 10.2. The highest BCUT2D eigenvalue weighted by Crippen LogP contribution is 2.33. The molecule has 0 saturated heterocycles. The predicted octanol–water partition coefficient (Wildman–Crippen LogP) is 2.52. The minimum absolute atomic E-state index is 0.246. The molecule has 21 heavy (non-hydrogen) atoms. The Hall–Kier alpha value is -2.38. The summed E-state index contributed by atoms with van der Waals surface area (Å²) in [6.45, 7) is 0. The zero-order valence-corrected chi connectivity index (χ0v) is 11.8. The fourth-order valence-corrected chi connectivity index (χ4v) is 1.68. The molecule has 2 aromatic rings. The number of nitrogens with zero attached hydrogens (tertiary/aromatic N) is 3. The summed E-state index contributed by atoms with van der Waals surface area (Å²) in [4.78, 5) is 1.87. The van der Waals surface area contributed by atoms with Crippen molar-refractivity contribution in [3.63, 3.8) is 0 Å². The summed E-state index contributed by atoms with van der Waals surface area (Å²) in [5.74, 6) is 0.246. The predicted molar refractivity (Wildman–Crippen MR) is 82.2 cm³/mol. The Balaban J connectivity index is 2.31. The van der Waals surface area contributed by atoms with Crippen molar-refractivity contribution in [1.82, 2.24) is 0 Å². The van der Waals surface area contributed by atoms with Gasteiger partial charge in [-0.1, -0.05) is 18.2 Å². The van der Waals surface area contributed by atoms with Crippen LogP contribution in [0.3, 0.4) is 0 Å². The van der Waals surface area contributed by atoms with E-state index in [9.17, 15) is 0 Å². The summed E-state index contributed by atoms with van der Waals surface area (Å²) in [5.41, 5.74) is 1.96. The molecule has 2 rings (SSSR count). The van der Waals surface area contributed by atoms with E-state index in [1.54, 1.807) is 12.1 Å². The normalized spacial score (nSPS) is 10.7. The smallest absolute Gasteiger partial charge is 0.510 e. The van der Waals surface area contributed by atoms with Gasteiger partial charge in [0.25, 0.3) is 0 Å². The van der Waals surface area contributed by atoms with Crippen molar-refractivity contribution in [3.05, 3.63) is 48.5 Å². The molecule has 0 aliphatic rings. The van der Waals surface area contributed by atoms with Gasteiger partial charge in [0, 0.05) is 25.8 Å². The van der Waals surface area contributed by atoms with Crippen LogP contribution in [0.5, 0.6) is 5.75 Å². The van der Waals surface area contributed by atoms with Gasteiger partial charge in [0.05, 0.1) is 5.69 Å². The lowest BCUT2D eigenvalue weighted by molar-refractivity contribution is 0.288. The molecule has 0 aliphatic carbocycles. The molecule has 2 aromatic carbocycles. The first-order chi connectivity index (χ1) is 10.1. The van der Waals surface area contributed by atoms with Crippen molar-refractivity contribution >= 4 is 24.4 Å². The number of azo groups is 1. The monoisotopic (exact) mass is 285 g/mol. The fourth-order valence-electron chi connectivity index (χ4n) is 1.68. The van der Waals surface area contributed by atoms with E-state index >= 15 is 0 Å². The fraction of sp³-hybridized carbons (Fsp3) is 0.143. The number of hydrogen-bond acceptors (Lipinski definition) is 6. The van der Waals surface area contributed by atoms with Crippen LogP contribution < -0.4 is 9.55 Å². The molecule has 2 N–H and O–H groups in total. The lowest BCUT2D eigenvalue weighted by Gasteiger charge is -2.15. The SMILES string of the molecule is CN(C)c1ccc(N=Nc2ccccc2)c(OB(O)O)c1. The summed E-state index contributed by atoms with van der Waals surface area (Å²) < 4.78 is 4.96. The van der Waals surface area contributed by atoms with Gasteiger partial charge < -0.3 is 19.6 Å². The van der Waals surface area contributed by atoms with Crippen LogP contribution in [0.4, 0.5) is 17.1 Å². The van der Waals surface area contributed by atoms with Crippen molar-refractivity contribution < 1.29 is 14.7 Å². The summed E-state index contributed by atoms with van der Waals surface area (Å²) in [5, 5.41) is 26.2. The minimum Gasteiger partial charge on any atom is -0.510 e.